The first-order chi connectivity index (χ1) is 14.5. The minimum atomic E-state index is -0.607. The number of halogens is 2. The van der Waals surface area contributed by atoms with Crippen molar-refractivity contribution in [2.24, 2.45) is 0 Å². The maximum Gasteiger partial charge on any atom is 0.291 e. The molecule has 2 aromatic heterocycles. The van der Waals surface area contributed by atoms with E-state index in [0.29, 0.717) is 26.6 Å². The molecule has 0 spiro atoms. The van der Waals surface area contributed by atoms with Gasteiger partial charge in [0.25, 0.3) is 5.91 Å². The molecule has 1 amide bonds. The molecule has 1 aliphatic heterocycles. The second-order valence-electron chi connectivity index (χ2n) is 7.06. The summed E-state index contributed by atoms with van der Waals surface area (Å²) in [6, 6.07) is 15.0. The van der Waals surface area contributed by atoms with Gasteiger partial charge in [-0.1, -0.05) is 41.4 Å². The second kappa shape index (κ2) is 7.27. The van der Waals surface area contributed by atoms with Gasteiger partial charge in [-0.25, -0.2) is 0 Å². The SMILES string of the molecule is O=C1c2oc3ccc(Cl)cc3c(=O)c2C(c2ccc(Cl)cc2)N1Cc1cccnc1. The lowest BCUT2D eigenvalue weighted by Crippen LogP contribution is -2.29. The number of pyridine rings is 1. The number of rotatable bonds is 3. The fraction of sp³-hybridized carbons (Fsp3) is 0.0870. The van der Waals surface area contributed by atoms with Crippen molar-refractivity contribution in [2.45, 2.75) is 12.6 Å². The fourth-order valence-electron chi connectivity index (χ4n) is 3.84. The zero-order chi connectivity index (χ0) is 20.8. The summed E-state index contributed by atoms with van der Waals surface area (Å²) in [4.78, 5) is 32.5. The number of carbonyl (C=O) groups is 1. The normalized spacial score (nSPS) is 15.6. The Kier molecular flexibility index (Phi) is 4.57. The Morgan fingerprint density at radius 1 is 1.00 bits per heavy atom. The zero-order valence-corrected chi connectivity index (χ0v) is 17.0. The molecule has 1 unspecified atom stereocenters. The average molecular weight is 437 g/mol. The van der Waals surface area contributed by atoms with E-state index in [2.05, 4.69) is 4.98 Å². The number of aromatic nitrogens is 1. The number of hydrogen-bond donors (Lipinski definition) is 0. The van der Waals surface area contributed by atoms with E-state index in [1.807, 2.05) is 18.2 Å². The first-order valence-corrected chi connectivity index (χ1v) is 10.00. The van der Waals surface area contributed by atoms with Gasteiger partial charge in [-0.15, -0.1) is 0 Å². The van der Waals surface area contributed by atoms with Crippen molar-refractivity contribution in [3.05, 3.63) is 110 Å². The molecular formula is C23H14Cl2N2O3. The standard InChI is InChI=1S/C23H14Cl2N2O3/c24-15-5-3-14(4-6-15)20-19-21(28)17-10-16(25)7-8-18(17)30-22(19)23(29)27(20)12-13-2-1-9-26-11-13/h1-11,20H,12H2. The van der Waals surface area contributed by atoms with Crippen LogP contribution in [0.5, 0.6) is 0 Å². The monoisotopic (exact) mass is 436 g/mol. The highest BCUT2D eigenvalue weighted by Gasteiger charge is 2.42. The molecule has 0 saturated carbocycles. The van der Waals surface area contributed by atoms with Gasteiger partial charge in [0, 0.05) is 29.0 Å². The molecule has 3 heterocycles. The van der Waals surface area contributed by atoms with Crippen LogP contribution >= 0.6 is 23.2 Å². The van der Waals surface area contributed by atoms with Crippen LogP contribution in [0.1, 0.15) is 33.3 Å². The van der Waals surface area contributed by atoms with Crippen molar-refractivity contribution >= 4 is 40.1 Å². The van der Waals surface area contributed by atoms with Crippen molar-refractivity contribution in [2.75, 3.05) is 0 Å². The molecule has 5 rings (SSSR count). The minimum absolute atomic E-state index is 0.0543. The third-order valence-corrected chi connectivity index (χ3v) is 5.68. The highest BCUT2D eigenvalue weighted by atomic mass is 35.5. The summed E-state index contributed by atoms with van der Waals surface area (Å²) in [5.41, 5.74) is 1.98. The Morgan fingerprint density at radius 2 is 1.77 bits per heavy atom. The Hall–Kier alpha value is -3.15. The largest absolute Gasteiger partial charge is 0.450 e. The summed E-state index contributed by atoms with van der Waals surface area (Å²) >= 11 is 12.2. The lowest BCUT2D eigenvalue weighted by molar-refractivity contribution is 0.0714. The number of nitrogens with zero attached hydrogens (tertiary/aromatic N) is 2. The van der Waals surface area contributed by atoms with E-state index in [-0.39, 0.29) is 23.6 Å². The summed E-state index contributed by atoms with van der Waals surface area (Å²) in [6.07, 6.45) is 3.36. The van der Waals surface area contributed by atoms with E-state index >= 15 is 0 Å². The van der Waals surface area contributed by atoms with E-state index < -0.39 is 6.04 Å². The first-order valence-electron chi connectivity index (χ1n) is 9.24. The maximum absolute atomic E-state index is 13.4. The van der Waals surface area contributed by atoms with Crippen LogP contribution in [0.4, 0.5) is 0 Å². The molecule has 1 aliphatic rings. The van der Waals surface area contributed by atoms with Gasteiger partial charge >= 0.3 is 0 Å². The van der Waals surface area contributed by atoms with Crippen LogP contribution in [0.3, 0.4) is 0 Å². The highest BCUT2D eigenvalue weighted by Crippen LogP contribution is 2.39. The highest BCUT2D eigenvalue weighted by molar-refractivity contribution is 6.31. The third-order valence-electron chi connectivity index (χ3n) is 5.19. The van der Waals surface area contributed by atoms with E-state index in [4.69, 9.17) is 27.6 Å². The molecule has 0 N–H and O–H groups in total. The van der Waals surface area contributed by atoms with Gasteiger partial charge in [-0.3, -0.25) is 14.6 Å². The van der Waals surface area contributed by atoms with Gasteiger partial charge in [0.15, 0.2) is 5.43 Å². The van der Waals surface area contributed by atoms with Crippen molar-refractivity contribution in [1.29, 1.82) is 0 Å². The topological polar surface area (TPSA) is 63.4 Å². The summed E-state index contributed by atoms with van der Waals surface area (Å²) in [7, 11) is 0. The quantitative estimate of drug-likeness (QED) is 0.440. The van der Waals surface area contributed by atoms with E-state index in [1.54, 1.807) is 53.7 Å². The second-order valence-corrected chi connectivity index (χ2v) is 7.94. The van der Waals surface area contributed by atoms with Gasteiger partial charge in [0.1, 0.15) is 5.58 Å². The predicted octanol–water partition coefficient (Wildman–Crippen LogP) is 5.24. The number of benzene rings is 2. The first kappa shape index (κ1) is 18.9. The van der Waals surface area contributed by atoms with Gasteiger partial charge in [0.05, 0.1) is 17.0 Å². The Bertz CT molecular complexity index is 1330. The molecule has 1 atom stereocenters. The maximum atomic E-state index is 13.4. The summed E-state index contributed by atoms with van der Waals surface area (Å²) in [5.74, 6) is -0.290. The van der Waals surface area contributed by atoms with Gasteiger partial charge in [-0.05, 0) is 47.5 Å². The van der Waals surface area contributed by atoms with Crippen LogP contribution in [-0.2, 0) is 6.54 Å². The smallest absolute Gasteiger partial charge is 0.291 e. The molecule has 4 aromatic rings. The molecule has 0 bridgehead atoms. The van der Waals surface area contributed by atoms with Gasteiger partial charge in [0.2, 0.25) is 5.76 Å². The number of amides is 1. The molecule has 0 aliphatic carbocycles. The average Bonchev–Trinajstić information content (AvgIpc) is 3.02. The fourth-order valence-corrected chi connectivity index (χ4v) is 4.13. The van der Waals surface area contributed by atoms with Crippen molar-refractivity contribution in [3.8, 4) is 0 Å². The van der Waals surface area contributed by atoms with Gasteiger partial charge in [-0.2, -0.15) is 0 Å². The molecule has 0 radical (unpaired) electrons. The van der Waals surface area contributed by atoms with Crippen LogP contribution in [0.15, 0.2) is 76.2 Å². The molecule has 5 nitrogen and oxygen atoms in total. The molecule has 2 aromatic carbocycles. The van der Waals surface area contributed by atoms with Crippen LogP contribution in [-0.4, -0.2) is 15.8 Å². The molecule has 148 valence electrons. The Labute approximate surface area is 181 Å². The lowest BCUT2D eigenvalue weighted by atomic mass is 9.98. The minimum Gasteiger partial charge on any atom is -0.450 e. The molecular weight excluding hydrogens is 423 g/mol. The van der Waals surface area contributed by atoms with Crippen LogP contribution in [0, 0.1) is 0 Å². The number of carbonyl (C=O) groups excluding carboxylic acids is 1. The number of hydrogen-bond acceptors (Lipinski definition) is 4. The summed E-state index contributed by atoms with van der Waals surface area (Å²) < 4.78 is 5.90. The number of fused-ring (bicyclic) bond motifs is 2. The third kappa shape index (κ3) is 3.07. The molecule has 30 heavy (non-hydrogen) atoms. The van der Waals surface area contributed by atoms with E-state index in [9.17, 15) is 9.59 Å². The van der Waals surface area contributed by atoms with Gasteiger partial charge < -0.3 is 9.32 Å². The molecule has 7 heteroatoms. The summed E-state index contributed by atoms with van der Waals surface area (Å²) in [5, 5.41) is 1.34. The Balaban J connectivity index is 1.74. The molecule has 0 saturated heterocycles. The predicted molar refractivity (Wildman–Crippen MR) is 115 cm³/mol. The van der Waals surface area contributed by atoms with E-state index in [0.717, 1.165) is 11.1 Å². The van der Waals surface area contributed by atoms with Crippen LogP contribution in [0.25, 0.3) is 11.0 Å². The van der Waals surface area contributed by atoms with Crippen LogP contribution in [0.2, 0.25) is 10.0 Å². The zero-order valence-electron chi connectivity index (χ0n) is 15.5. The molecule has 0 fully saturated rings. The van der Waals surface area contributed by atoms with Crippen LogP contribution < -0.4 is 5.43 Å². The van der Waals surface area contributed by atoms with Crippen molar-refractivity contribution < 1.29 is 9.21 Å². The lowest BCUT2D eigenvalue weighted by Gasteiger charge is -2.25. The van der Waals surface area contributed by atoms with Crippen molar-refractivity contribution in [1.82, 2.24) is 9.88 Å². The Morgan fingerprint density at radius 3 is 2.50 bits per heavy atom. The van der Waals surface area contributed by atoms with E-state index in [1.165, 1.54) is 0 Å². The summed E-state index contributed by atoms with van der Waals surface area (Å²) in [6.45, 7) is 0.278. The van der Waals surface area contributed by atoms with Crippen molar-refractivity contribution in [3.63, 3.8) is 0 Å².